The lowest BCUT2D eigenvalue weighted by atomic mass is 10.1. The highest BCUT2D eigenvalue weighted by atomic mass is 16.1. The molecule has 5 nitrogen and oxygen atoms in total. The molecule has 0 bridgehead atoms. The van der Waals surface area contributed by atoms with Gasteiger partial charge in [0.05, 0.1) is 17.8 Å². The van der Waals surface area contributed by atoms with Gasteiger partial charge < -0.3 is 5.32 Å². The topological polar surface area (TPSA) is 50.2 Å². The SMILES string of the molecule is CCN(CC)Cc1ccccc1CNC(=O)c1c(C)nn(Cc2ccc(C)cc2)c1C. The molecule has 0 saturated carbocycles. The van der Waals surface area contributed by atoms with Gasteiger partial charge in [-0.05, 0) is 50.6 Å². The Morgan fingerprint density at radius 2 is 1.61 bits per heavy atom. The molecule has 0 radical (unpaired) electrons. The van der Waals surface area contributed by atoms with E-state index in [9.17, 15) is 4.79 Å². The number of hydrogen-bond donors (Lipinski definition) is 1. The summed E-state index contributed by atoms with van der Waals surface area (Å²) in [7, 11) is 0. The molecule has 0 aliphatic rings. The van der Waals surface area contributed by atoms with E-state index in [0.29, 0.717) is 18.7 Å². The molecule has 1 N–H and O–H groups in total. The summed E-state index contributed by atoms with van der Waals surface area (Å²) in [4.78, 5) is 15.4. The van der Waals surface area contributed by atoms with Gasteiger partial charge in [0.2, 0.25) is 0 Å². The molecule has 164 valence electrons. The zero-order chi connectivity index (χ0) is 22.4. The van der Waals surface area contributed by atoms with Crippen LogP contribution < -0.4 is 5.32 Å². The molecule has 31 heavy (non-hydrogen) atoms. The third-order valence-electron chi connectivity index (χ3n) is 5.91. The summed E-state index contributed by atoms with van der Waals surface area (Å²) >= 11 is 0. The first kappa shape index (κ1) is 22.8. The Labute approximate surface area is 186 Å². The number of carbonyl (C=O) groups excluding carboxylic acids is 1. The van der Waals surface area contributed by atoms with Crippen LogP contribution in [0.15, 0.2) is 48.5 Å². The molecule has 3 aromatic rings. The van der Waals surface area contributed by atoms with Crippen LogP contribution in [0, 0.1) is 20.8 Å². The van der Waals surface area contributed by atoms with Gasteiger partial charge >= 0.3 is 0 Å². The molecule has 2 aromatic carbocycles. The molecule has 0 unspecified atom stereocenters. The first-order chi connectivity index (χ1) is 14.9. The highest BCUT2D eigenvalue weighted by Crippen LogP contribution is 2.17. The predicted octanol–water partition coefficient (Wildman–Crippen LogP) is 4.63. The third kappa shape index (κ3) is 5.61. The number of hydrogen-bond acceptors (Lipinski definition) is 3. The van der Waals surface area contributed by atoms with Crippen LogP contribution in [0.1, 0.15) is 57.8 Å². The number of amides is 1. The van der Waals surface area contributed by atoms with Crippen LogP contribution in [0.2, 0.25) is 0 Å². The Bertz CT molecular complexity index is 1020. The molecule has 1 amide bonds. The second-order valence-corrected chi connectivity index (χ2v) is 8.10. The molecule has 1 heterocycles. The number of nitrogens with zero attached hydrogens (tertiary/aromatic N) is 3. The quantitative estimate of drug-likeness (QED) is 0.551. The lowest BCUT2D eigenvalue weighted by molar-refractivity contribution is 0.0949. The van der Waals surface area contributed by atoms with Crippen LogP contribution in [0.5, 0.6) is 0 Å². The Balaban J connectivity index is 1.72. The van der Waals surface area contributed by atoms with Gasteiger partial charge in [-0.25, -0.2) is 0 Å². The lowest BCUT2D eigenvalue weighted by Gasteiger charge is -2.20. The van der Waals surface area contributed by atoms with Crippen molar-refractivity contribution in [3.63, 3.8) is 0 Å². The highest BCUT2D eigenvalue weighted by molar-refractivity contribution is 5.96. The first-order valence-electron chi connectivity index (χ1n) is 11.1. The molecule has 0 spiro atoms. The number of aromatic nitrogens is 2. The van der Waals surface area contributed by atoms with Crippen LogP contribution in [0.25, 0.3) is 0 Å². The van der Waals surface area contributed by atoms with Gasteiger partial charge in [-0.1, -0.05) is 67.9 Å². The van der Waals surface area contributed by atoms with E-state index in [1.54, 1.807) is 0 Å². The van der Waals surface area contributed by atoms with Crippen molar-refractivity contribution in [1.82, 2.24) is 20.0 Å². The maximum absolute atomic E-state index is 13.0. The third-order valence-corrected chi connectivity index (χ3v) is 5.91. The normalized spacial score (nSPS) is 11.2. The van der Waals surface area contributed by atoms with Crippen molar-refractivity contribution in [2.24, 2.45) is 0 Å². The van der Waals surface area contributed by atoms with Crippen molar-refractivity contribution in [2.45, 2.75) is 54.3 Å². The van der Waals surface area contributed by atoms with Crippen molar-refractivity contribution < 1.29 is 4.79 Å². The molecule has 0 aliphatic carbocycles. The van der Waals surface area contributed by atoms with E-state index in [4.69, 9.17) is 0 Å². The van der Waals surface area contributed by atoms with E-state index < -0.39 is 0 Å². The Morgan fingerprint density at radius 1 is 0.968 bits per heavy atom. The summed E-state index contributed by atoms with van der Waals surface area (Å²) in [5.74, 6) is -0.0669. The van der Waals surface area contributed by atoms with Crippen LogP contribution >= 0.6 is 0 Å². The fourth-order valence-electron chi connectivity index (χ4n) is 3.88. The summed E-state index contributed by atoms with van der Waals surface area (Å²) < 4.78 is 1.92. The smallest absolute Gasteiger partial charge is 0.255 e. The average molecular weight is 419 g/mol. The van der Waals surface area contributed by atoms with E-state index in [-0.39, 0.29) is 5.91 Å². The second-order valence-electron chi connectivity index (χ2n) is 8.10. The number of benzene rings is 2. The van der Waals surface area contributed by atoms with E-state index >= 15 is 0 Å². The maximum atomic E-state index is 13.0. The standard InChI is InChI=1S/C26H34N4O/c1-6-29(7-2)18-24-11-9-8-10-23(24)16-27-26(31)25-20(4)28-30(21(25)5)17-22-14-12-19(3)13-15-22/h8-15H,6-7,16-18H2,1-5H3,(H,27,31). The highest BCUT2D eigenvalue weighted by Gasteiger charge is 2.19. The van der Waals surface area contributed by atoms with Gasteiger partial charge in [0, 0.05) is 18.8 Å². The number of aryl methyl sites for hydroxylation is 2. The minimum atomic E-state index is -0.0669. The zero-order valence-corrected chi connectivity index (χ0v) is 19.4. The van der Waals surface area contributed by atoms with E-state index in [1.165, 1.54) is 16.7 Å². The Hall–Kier alpha value is -2.92. The minimum absolute atomic E-state index is 0.0669. The van der Waals surface area contributed by atoms with Crippen LogP contribution in [-0.2, 0) is 19.6 Å². The number of rotatable bonds is 9. The summed E-state index contributed by atoms with van der Waals surface area (Å²) in [6.45, 7) is 14.4. The summed E-state index contributed by atoms with van der Waals surface area (Å²) in [5.41, 5.74) is 7.16. The molecule has 3 rings (SSSR count). The number of nitrogens with one attached hydrogen (secondary N) is 1. The van der Waals surface area contributed by atoms with Gasteiger partial charge in [0.25, 0.3) is 5.91 Å². The average Bonchev–Trinajstić information content (AvgIpc) is 3.05. The minimum Gasteiger partial charge on any atom is -0.348 e. The van der Waals surface area contributed by atoms with Crippen molar-refractivity contribution in [3.8, 4) is 0 Å². The monoisotopic (exact) mass is 418 g/mol. The van der Waals surface area contributed by atoms with Crippen LogP contribution in [0.4, 0.5) is 0 Å². The van der Waals surface area contributed by atoms with E-state index in [2.05, 4.69) is 78.6 Å². The molecule has 0 atom stereocenters. The molecular weight excluding hydrogens is 384 g/mol. The van der Waals surface area contributed by atoms with E-state index in [0.717, 1.165) is 36.6 Å². The fourth-order valence-corrected chi connectivity index (χ4v) is 3.88. The van der Waals surface area contributed by atoms with Gasteiger partial charge in [0.1, 0.15) is 0 Å². The molecule has 0 saturated heterocycles. The second kappa shape index (κ2) is 10.4. The fraction of sp³-hybridized carbons (Fsp3) is 0.385. The first-order valence-corrected chi connectivity index (χ1v) is 11.1. The molecule has 5 heteroatoms. The summed E-state index contributed by atoms with van der Waals surface area (Å²) in [6.07, 6.45) is 0. The summed E-state index contributed by atoms with van der Waals surface area (Å²) in [6, 6.07) is 16.8. The van der Waals surface area contributed by atoms with Crippen LogP contribution in [-0.4, -0.2) is 33.7 Å². The van der Waals surface area contributed by atoms with Crippen molar-refractivity contribution in [2.75, 3.05) is 13.1 Å². The zero-order valence-electron chi connectivity index (χ0n) is 19.4. The Kier molecular flexibility index (Phi) is 7.64. The van der Waals surface area contributed by atoms with Gasteiger partial charge in [-0.3, -0.25) is 14.4 Å². The Morgan fingerprint density at radius 3 is 2.26 bits per heavy atom. The largest absolute Gasteiger partial charge is 0.348 e. The van der Waals surface area contributed by atoms with Gasteiger partial charge in [0.15, 0.2) is 0 Å². The molecule has 0 fully saturated rings. The van der Waals surface area contributed by atoms with Gasteiger partial charge in [-0.15, -0.1) is 0 Å². The van der Waals surface area contributed by atoms with Gasteiger partial charge in [-0.2, -0.15) is 5.10 Å². The number of carbonyl (C=O) groups is 1. The van der Waals surface area contributed by atoms with Crippen molar-refractivity contribution in [1.29, 1.82) is 0 Å². The molecular formula is C26H34N4O. The summed E-state index contributed by atoms with van der Waals surface area (Å²) in [5, 5.41) is 7.75. The van der Waals surface area contributed by atoms with Crippen molar-refractivity contribution in [3.05, 3.63) is 87.7 Å². The van der Waals surface area contributed by atoms with E-state index in [1.807, 2.05) is 24.6 Å². The maximum Gasteiger partial charge on any atom is 0.255 e. The van der Waals surface area contributed by atoms with Crippen molar-refractivity contribution >= 4 is 5.91 Å². The van der Waals surface area contributed by atoms with Crippen LogP contribution in [0.3, 0.4) is 0 Å². The predicted molar refractivity (Wildman–Crippen MR) is 126 cm³/mol. The molecule has 1 aromatic heterocycles. The molecule has 0 aliphatic heterocycles. The lowest BCUT2D eigenvalue weighted by Crippen LogP contribution is -2.26.